The maximum Gasteiger partial charge on any atom is 0.336 e. The maximum atomic E-state index is 11.7. The minimum absolute atomic E-state index is 0.0722. The molecule has 0 spiro atoms. The molecule has 1 aromatic rings. The van der Waals surface area contributed by atoms with E-state index in [-0.39, 0.29) is 17.0 Å². The number of anilines is 1. The first-order valence-electron chi connectivity index (χ1n) is 6.85. The van der Waals surface area contributed by atoms with Crippen molar-refractivity contribution in [2.45, 2.75) is 13.3 Å². The van der Waals surface area contributed by atoms with Gasteiger partial charge in [-0.1, -0.05) is 6.07 Å². The van der Waals surface area contributed by atoms with Crippen molar-refractivity contribution in [2.75, 3.05) is 31.3 Å². The fourth-order valence-electron chi connectivity index (χ4n) is 1.78. The molecule has 9 heteroatoms. The van der Waals surface area contributed by atoms with E-state index in [1.165, 1.54) is 13.2 Å². The average molecular weight is 344 g/mol. The molecule has 0 fully saturated rings. The molecule has 128 valence electrons. The zero-order valence-electron chi connectivity index (χ0n) is 13.0. The summed E-state index contributed by atoms with van der Waals surface area (Å²) in [6, 6.07) is 4.43. The van der Waals surface area contributed by atoms with Crippen molar-refractivity contribution in [1.82, 2.24) is 4.72 Å². The number of carbonyl (C=O) groups is 2. The lowest BCUT2D eigenvalue weighted by Gasteiger charge is -2.09. The summed E-state index contributed by atoms with van der Waals surface area (Å²) < 4.78 is 30.2. The largest absolute Gasteiger partial charge is 0.478 e. The van der Waals surface area contributed by atoms with Crippen molar-refractivity contribution in [3.05, 3.63) is 29.3 Å². The number of hydrogen-bond acceptors (Lipinski definition) is 5. The van der Waals surface area contributed by atoms with E-state index in [0.717, 1.165) is 0 Å². The van der Waals surface area contributed by atoms with Crippen molar-refractivity contribution in [3.63, 3.8) is 0 Å². The van der Waals surface area contributed by atoms with Crippen LogP contribution >= 0.6 is 0 Å². The Labute approximate surface area is 134 Å². The quantitative estimate of drug-likeness (QED) is 0.564. The highest BCUT2D eigenvalue weighted by Crippen LogP contribution is 2.15. The van der Waals surface area contributed by atoms with Gasteiger partial charge in [0.1, 0.15) is 0 Å². The molecule has 1 aromatic carbocycles. The zero-order chi connectivity index (χ0) is 17.5. The van der Waals surface area contributed by atoms with Gasteiger partial charge in [0.2, 0.25) is 15.9 Å². The van der Waals surface area contributed by atoms with Gasteiger partial charge in [0.05, 0.1) is 17.9 Å². The average Bonchev–Trinajstić information content (AvgIpc) is 2.47. The third-order valence-electron chi connectivity index (χ3n) is 2.97. The first-order valence-corrected chi connectivity index (χ1v) is 8.50. The van der Waals surface area contributed by atoms with Gasteiger partial charge in [0, 0.05) is 19.4 Å². The van der Waals surface area contributed by atoms with E-state index >= 15 is 0 Å². The number of sulfonamides is 1. The van der Waals surface area contributed by atoms with Crippen molar-refractivity contribution >= 4 is 27.6 Å². The SMILES string of the molecule is COCCCS(=O)(=O)NCC(=O)Nc1ccc(C)c(C(=O)O)c1. The lowest BCUT2D eigenvalue weighted by atomic mass is 10.1. The van der Waals surface area contributed by atoms with Gasteiger partial charge in [-0.25, -0.2) is 17.9 Å². The summed E-state index contributed by atoms with van der Waals surface area (Å²) >= 11 is 0. The summed E-state index contributed by atoms with van der Waals surface area (Å²) in [6.45, 7) is 1.53. The van der Waals surface area contributed by atoms with Crippen LogP contribution in [0, 0.1) is 6.92 Å². The maximum absolute atomic E-state index is 11.7. The van der Waals surface area contributed by atoms with E-state index in [1.807, 2.05) is 0 Å². The predicted octanol–water partition coefficient (Wildman–Crippen LogP) is 0.588. The van der Waals surface area contributed by atoms with Crippen LogP contribution in [-0.4, -0.2) is 51.4 Å². The van der Waals surface area contributed by atoms with Gasteiger partial charge in [-0.2, -0.15) is 0 Å². The molecule has 0 bridgehead atoms. The van der Waals surface area contributed by atoms with Crippen LogP contribution < -0.4 is 10.0 Å². The Morgan fingerprint density at radius 1 is 1.30 bits per heavy atom. The molecule has 0 heterocycles. The molecule has 0 atom stereocenters. The third kappa shape index (κ3) is 6.76. The summed E-state index contributed by atoms with van der Waals surface area (Å²) in [4.78, 5) is 22.8. The van der Waals surface area contributed by atoms with E-state index in [9.17, 15) is 18.0 Å². The Morgan fingerprint density at radius 3 is 2.61 bits per heavy atom. The molecular formula is C14H20N2O6S. The molecule has 23 heavy (non-hydrogen) atoms. The number of aromatic carboxylic acids is 1. The highest BCUT2D eigenvalue weighted by atomic mass is 32.2. The Balaban J connectivity index is 2.57. The van der Waals surface area contributed by atoms with E-state index < -0.39 is 28.4 Å². The number of carbonyl (C=O) groups excluding carboxylic acids is 1. The normalized spacial score (nSPS) is 11.2. The molecule has 0 aliphatic heterocycles. The van der Waals surface area contributed by atoms with Crippen LogP contribution in [0.2, 0.25) is 0 Å². The Morgan fingerprint density at radius 2 is 2.00 bits per heavy atom. The number of carboxylic acid groups (broad SMARTS) is 1. The van der Waals surface area contributed by atoms with E-state index in [2.05, 4.69) is 10.0 Å². The van der Waals surface area contributed by atoms with Gasteiger partial charge in [0.25, 0.3) is 0 Å². The summed E-state index contributed by atoms with van der Waals surface area (Å²) in [6.07, 6.45) is 0.327. The Bertz CT molecular complexity index is 672. The fraction of sp³-hybridized carbons (Fsp3) is 0.429. The molecule has 0 saturated carbocycles. The van der Waals surface area contributed by atoms with Crippen LogP contribution in [0.3, 0.4) is 0 Å². The number of benzene rings is 1. The molecule has 0 saturated heterocycles. The lowest BCUT2D eigenvalue weighted by molar-refractivity contribution is -0.115. The van der Waals surface area contributed by atoms with Crippen molar-refractivity contribution in [1.29, 1.82) is 0 Å². The number of ether oxygens (including phenoxy) is 1. The first kappa shape index (κ1) is 19.1. The predicted molar refractivity (Wildman–Crippen MR) is 85.1 cm³/mol. The van der Waals surface area contributed by atoms with Crippen LogP contribution in [-0.2, 0) is 19.6 Å². The van der Waals surface area contributed by atoms with E-state index in [1.54, 1.807) is 19.1 Å². The fourth-order valence-corrected chi connectivity index (χ4v) is 2.77. The Hall–Kier alpha value is -1.97. The molecule has 0 radical (unpaired) electrons. The standard InChI is InChI=1S/C14H20N2O6S/c1-10-4-5-11(8-12(10)14(18)19)16-13(17)9-15-23(20,21)7-3-6-22-2/h4-5,8,15H,3,6-7,9H2,1-2H3,(H,16,17)(H,18,19). The number of amides is 1. The molecule has 1 amide bonds. The highest BCUT2D eigenvalue weighted by molar-refractivity contribution is 7.89. The van der Waals surface area contributed by atoms with E-state index in [0.29, 0.717) is 18.6 Å². The smallest absolute Gasteiger partial charge is 0.336 e. The van der Waals surface area contributed by atoms with Gasteiger partial charge >= 0.3 is 5.97 Å². The van der Waals surface area contributed by atoms with Gasteiger partial charge in [-0.3, -0.25) is 4.79 Å². The second kappa shape index (κ2) is 8.61. The molecule has 0 aromatic heterocycles. The zero-order valence-corrected chi connectivity index (χ0v) is 13.8. The number of aryl methyl sites for hydroxylation is 1. The van der Waals surface area contributed by atoms with Gasteiger partial charge in [-0.05, 0) is 31.0 Å². The topological polar surface area (TPSA) is 122 Å². The molecule has 8 nitrogen and oxygen atoms in total. The Kier molecular flexibility index (Phi) is 7.14. The molecule has 3 N–H and O–H groups in total. The molecule has 0 aliphatic rings. The number of hydrogen-bond donors (Lipinski definition) is 3. The van der Waals surface area contributed by atoms with Crippen LogP contribution in [0.5, 0.6) is 0 Å². The number of rotatable bonds is 9. The van der Waals surface area contributed by atoms with Crippen molar-refractivity contribution < 1.29 is 27.9 Å². The second-order valence-corrected chi connectivity index (χ2v) is 6.80. The first-order chi connectivity index (χ1) is 10.7. The monoisotopic (exact) mass is 344 g/mol. The summed E-state index contributed by atoms with van der Waals surface area (Å²) in [5.74, 6) is -1.82. The van der Waals surface area contributed by atoms with Crippen molar-refractivity contribution in [2.24, 2.45) is 0 Å². The molecule has 0 aliphatic carbocycles. The van der Waals surface area contributed by atoms with E-state index in [4.69, 9.17) is 9.84 Å². The summed E-state index contributed by atoms with van der Waals surface area (Å²) in [5.41, 5.74) is 0.925. The molecular weight excluding hydrogens is 324 g/mol. The number of methoxy groups -OCH3 is 1. The number of carboxylic acids is 1. The van der Waals surface area contributed by atoms with Crippen LogP contribution in [0.4, 0.5) is 5.69 Å². The summed E-state index contributed by atoms with van der Waals surface area (Å²) in [7, 11) is -2.08. The van der Waals surface area contributed by atoms with Crippen LogP contribution in [0.15, 0.2) is 18.2 Å². The minimum Gasteiger partial charge on any atom is -0.478 e. The van der Waals surface area contributed by atoms with Gasteiger partial charge < -0.3 is 15.2 Å². The molecule has 0 unspecified atom stereocenters. The third-order valence-corrected chi connectivity index (χ3v) is 4.38. The van der Waals surface area contributed by atoms with Gasteiger partial charge in [-0.15, -0.1) is 0 Å². The minimum atomic E-state index is -3.55. The number of nitrogens with one attached hydrogen (secondary N) is 2. The van der Waals surface area contributed by atoms with Crippen LogP contribution in [0.1, 0.15) is 22.3 Å². The van der Waals surface area contributed by atoms with Crippen LogP contribution in [0.25, 0.3) is 0 Å². The second-order valence-electron chi connectivity index (χ2n) is 4.87. The molecule has 1 rings (SSSR count). The van der Waals surface area contributed by atoms with Gasteiger partial charge in [0.15, 0.2) is 0 Å². The highest BCUT2D eigenvalue weighted by Gasteiger charge is 2.13. The van der Waals surface area contributed by atoms with Crippen molar-refractivity contribution in [3.8, 4) is 0 Å². The lowest BCUT2D eigenvalue weighted by Crippen LogP contribution is -2.34. The summed E-state index contributed by atoms with van der Waals surface area (Å²) in [5, 5.41) is 11.5.